The van der Waals surface area contributed by atoms with E-state index in [0.29, 0.717) is 24.9 Å². The molecule has 2 aromatic heterocycles. The standard InChI is InChI=1S/C22H19F3N4O3/c1-29-18-6-3-2-5-17(18)28-19(29)7-4-10-26-21(31)15-12-27-16-9-8-13(32-22(23,24)25)11-14(16)20(15)30/h2-3,5-6,8-9,11-12H,4,7,10H2,1H3,(H,26,31)(H,27,30). The van der Waals surface area contributed by atoms with E-state index in [0.717, 1.165) is 29.0 Å². The van der Waals surface area contributed by atoms with Gasteiger partial charge in [-0.2, -0.15) is 0 Å². The zero-order chi connectivity index (χ0) is 22.9. The third-order valence-corrected chi connectivity index (χ3v) is 5.07. The van der Waals surface area contributed by atoms with E-state index in [-0.39, 0.29) is 10.9 Å². The molecule has 166 valence electrons. The average Bonchev–Trinajstić information content (AvgIpc) is 3.06. The van der Waals surface area contributed by atoms with Crippen LogP contribution in [-0.4, -0.2) is 33.3 Å². The van der Waals surface area contributed by atoms with Crippen molar-refractivity contribution in [1.82, 2.24) is 19.9 Å². The van der Waals surface area contributed by atoms with Crippen LogP contribution >= 0.6 is 0 Å². The van der Waals surface area contributed by atoms with Crippen molar-refractivity contribution >= 4 is 27.8 Å². The van der Waals surface area contributed by atoms with Crippen LogP contribution in [0.3, 0.4) is 0 Å². The second-order valence-electron chi connectivity index (χ2n) is 7.22. The number of amides is 1. The van der Waals surface area contributed by atoms with Crippen molar-refractivity contribution in [2.24, 2.45) is 7.05 Å². The van der Waals surface area contributed by atoms with E-state index in [1.54, 1.807) is 0 Å². The van der Waals surface area contributed by atoms with Gasteiger partial charge in [0.05, 0.1) is 11.0 Å². The van der Waals surface area contributed by atoms with Crippen LogP contribution in [0, 0.1) is 0 Å². The number of fused-ring (bicyclic) bond motifs is 2. The third kappa shape index (κ3) is 4.43. The number of ether oxygens (including phenoxy) is 1. The average molecular weight is 444 g/mol. The first-order valence-electron chi connectivity index (χ1n) is 9.82. The van der Waals surface area contributed by atoms with Crippen LogP contribution in [0.1, 0.15) is 22.6 Å². The van der Waals surface area contributed by atoms with Crippen LogP contribution in [-0.2, 0) is 13.5 Å². The normalized spacial score (nSPS) is 11.8. The van der Waals surface area contributed by atoms with Crippen LogP contribution in [0.15, 0.2) is 53.5 Å². The SMILES string of the molecule is Cn1c(CCCNC(=O)c2c[nH]c3ccc(OC(F)(F)F)cc3c2=O)nc2ccccc21. The van der Waals surface area contributed by atoms with Gasteiger partial charge in [0.2, 0.25) is 5.43 Å². The lowest BCUT2D eigenvalue weighted by molar-refractivity contribution is -0.274. The first-order valence-corrected chi connectivity index (χ1v) is 9.82. The number of imidazole rings is 1. The van der Waals surface area contributed by atoms with Crippen molar-refractivity contribution in [2.45, 2.75) is 19.2 Å². The Labute approximate surface area is 179 Å². The molecule has 2 heterocycles. The molecule has 7 nitrogen and oxygen atoms in total. The predicted molar refractivity (Wildman–Crippen MR) is 113 cm³/mol. The number of nitrogens with zero attached hydrogens (tertiary/aromatic N) is 2. The molecule has 0 aliphatic carbocycles. The van der Waals surface area contributed by atoms with Gasteiger partial charge in [0.15, 0.2) is 0 Å². The number of carbonyl (C=O) groups is 1. The van der Waals surface area contributed by atoms with Crippen molar-refractivity contribution in [1.29, 1.82) is 0 Å². The van der Waals surface area contributed by atoms with Crippen LogP contribution in [0.5, 0.6) is 5.75 Å². The van der Waals surface area contributed by atoms with Gasteiger partial charge in [-0.15, -0.1) is 13.2 Å². The number of para-hydroxylation sites is 2. The van der Waals surface area contributed by atoms with Gasteiger partial charge in [0.25, 0.3) is 5.91 Å². The third-order valence-electron chi connectivity index (χ3n) is 5.07. The Kier molecular flexibility index (Phi) is 5.60. The molecule has 0 atom stereocenters. The lowest BCUT2D eigenvalue weighted by Crippen LogP contribution is -2.30. The number of pyridine rings is 1. The van der Waals surface area contributed by atoms with Gasteiger partial charge in [-0.05, 0) is 36.8 Å². The highest BCUT2D eigenvalue weighted by Gasteiger charge is 2.31. The second kappa shape index (κ2) is 8.37. The molecule has 0 radical (unpaired) electrons. The number of rotatable bonds is 6. The van der Waals surface area contributed by atoms with Crippen molar-refractivity contribution in [3.63, 3.8) is 0 Å². The fourth-order valence-corrected chi connectivity index (χ4v) is 3.53. The molecule has 0 fully saturated rings. The molecule has 0 saturated carbocycles. The Balaban J connectivity index is 1.43. The Bertz CT molecular complexity index is 1360. The minimum Gasteiger partial charge on any atom is -0.406 e. The zero-order valence-corrected chi connectivity index (χ0v) is 17.0. The number of carbonyl (C=O) groups excluding carboxylic acids is 1. The summed E-state index contributed by atoms with van der Waals surface area (Å²) in [5, 5.41) is 2.60. The molecule has 32 heavy (non-hydrogen) atoms. The summed E-state index contributed by atoms with van der Waals surface area (Å²) in [5.74, 6) is -0.267. The summed E-state index contributed by atoms with van der Waals surface area (Å²) >= 11 is 0. The number of aromatic amines is 1. The van der Waals surface area contributed by atoms with Crippen molar-refractivity contribution in [3.05, 3.63) is 70.3 Å². The summed E-state index contributed by atoms with van der Waals surface area (Å²) in [7, 11) is 1.93. The van der Waals surface area contributed by atoms with E-state index >= 15 is 0 Å². The number of hydrogen-bond acceptors (Lipinski definition) is 4. The van der Waals surface area contributed by atoms with E-state index in [1.807, 2.05) is 35.9 Å². The number of aromatic nitrogens is 3. The molecule has 0 saturated heterocycles. The quantitative estimate of drug-likeness (QED) is 0.444. The maximum atomic E-state index is 12.7. The molecule has 0 aliphatic rings. The Hall–Kier alpha value is -3.82. The highest BCUT2D eigenvalue weighted by Crippen LogP contribution is 2.24. The van der Waals surface area contributed by atoms with Gasteiger partial charge in [0, 0.05) is 37.1 Å². The zero-order valence-electron chi connectivity index (χ0n) is 17.0. The lowest BCUT2D eigenvalue weighted by Gasteiger charge is -2.10. The number of benzene rings is 2. The highest BCUT2D eigenvalue weighted by molar-refractivity contribution is 5.97. The number of halogens is 3. The van der Waals surface area contributed by atoms with Gasteiger partial charge >= 0.3 is 6.36 Å². The number of H-pyrrole nitrogens is 1. The van der Waals surface area contributed by atoms with E-state index < -0.39 is 23.4 Å². The number of alkyl halides is 3. The molecule has 2 aromatic carbocycles. The van der Waals surface area contributed by atoms with E-state index in [4.69, 9.17) is 0 Å². The Morgan fingerprint density at radius 1 is 1.22 bits per heavy atom. The van der Waals surface area contributed by atoms with Crippen LogP contribution in [0.25, 0.3) is 21.9 Å². The first kappa shape index (κ1) is 21.4. The van der Waals surface area contributed by atoms with Gasteiger partial charge in [-0.1, -0.05) is 12.1 Å². The van der Waals surface area contributed by atoms with Crippen LogP contribution in [0.4, 0.5) is 13.2 Å². The van der Waals surface area contributed by atoms with Gasteiger partial charge in [-0.3, -0.25) is 9.59 Å². The van der Waals surface area contributed by atoms with Crippen LogP contribution in [0.2, 0.25) is 0 Å². The van der Waals surface area contributed by atoms with Crippen LogP contribution < -0.4 is 15.5 Å². The molecular weight excluding hydrogens is 425 g/mol. The molecule has 1 amide bonds. The molecule has 0 unspecified atom stereocenters. The van der Waals surface area contributed by atoms with Gasteiger partial charge in [-0.25, -0.2) is 4.98 Å². The summed E-state index contributed by atoms with van der Waals surface area (Å²) in [6.45, 7) is 0.302. The fraction of sp³-hybridized carbons (Fsp3) is 0.227. The minimum atomic E-state index is -4.88. The summed E-state index contributed by atoms with van der Waals surface area (Å²) in [6.07, 6.45) is -2.42. The van der Waals surface area contributed by atoms with Gasteiger partial charge in [0.1, 0.15) is 17.1 Å². The van der Waals surface area contributed by atoms with Crippen molar-refractivity contribution in [3.8, 4) is 5.75 Å². The molecule has 4 rings (SSSR count). The number of hydrogen-bond donors (Lipinski definition) is 2. The molecular formula is C22H19F3N4O3. The minimum absolute atomic E-state index is 0.0703. The summed E-state index contributed by atoms with van der Waals surface area (Å²) in [6, 6.07) is 11.1. The van der Waals surface area contributed by atoms with E-state index in [2.05, 4.69) is 20.0 Å². The molecule has 2 N–H and O–H groups in total. The van der Waals surface area contributed by atoms with Crippen molar-refractivity contribution < 1.29 is 22.7 Å². The maximum Gasteiger partial charge on any atom is 0.573 e. The maximum absolute atomic E-state index is 12.7. The largest absolute Gasteiger partial charge is 0.573 e. The predicted octanol–water partition coefficient (Wildman–Crippen LogP) is 3.68. The molecule has 0 bridgehead atoms. The Morgan fingerprint density at radius 3 is 2.75 bits per heavy atom. The summed E-state index contributed by atoms with van der Waals surface area (Å²) < 4.78 is 43.2. The summed E-state index contributed by atoms with van der Waals surface area (Å²) in [4.78, 5) is 32.5. The smallest absolute Gasteiger partial charge is 0.406 e. The summed E-state index contributed by atoms with van der Waals surface area (Å²) in [5.41, 5.74) is 1.33. The second-order valence-corrected chi connectivity index (χ2v) is 7.22. The van der Waals surface area contributed by atoms with Gasteiger partial charge < -0.3 is 19.6 Å². The van der Waals surface area contributed by atoms with E-state index in [9.17, 15) is 22.8 Å². The highest BCUT2D eigenvalue weighted by atomic mass is 19.4. The monoisotopic (exact) mass is 444 g/mol. The molecule has 0 aliphatic heterocycles. The topological polar surface area (TPSA) is 89.0 Å². The van der Waals surface area contributed by atoms with E-state index in [1.165, 1.54) is 12.3 Å². The number of nitrogens with one attached hydrogen (secondary N) is 2. The lowest BCUT2D eigenvalue weighted by atomic mass is 10.1. The molecule has 10 heteroatoms. The Morgan fingerprint density at radius 2 is 2.00 bits per heavy atom. The number of aryl methyl sites for hydroxylation is 2. The fourth-order valence-electron chi connectivity index (χ4n) is 3.53. The first-order chi connectivity index (χ1) is 15.2. The molecule has 0 spiro atoms. The van der Waals surface area contributed by atoms with Crippen molar-refractivity contribution in [2.75, 3.05) is 6.54 Å². The molecule has 4 aromatic rings.